The molecule has 0 radical (unpaired) electrons. The highest BCUT2D eigenvalue weighted by molar-refractivity contribution is 7.93. The molecule has 0 saturated carbocycles. The Hall–Kier alpha value is -16.6. The number of ether oxygens (including phenoxy) is 1. The Morgan fingerprint density at radius 2 is 0.653 bits per heavy atom. The van der Waals surface area contributed by atoms with E-state index in [0.717, 1.165) is 113 Å². The number of thiophene rings is 4. The van der Waals surface area contributed by atoms with Gasteiger partial charge in [0.1, 0.15) is 40.1 Å². The molecule has 0 bridgehead atoms. The lowest BCUT2D eigenvalue weighted by atomic mass is 10.1. The molecule has 0 saturated heterocycles. The van der Waals surface area contributed by atoms with E-state index in [2.05, 4.69) is 47.9 Å². The van der Waals surface area contributed by atoms with Crippen molar-refractivity contribution in [2.75, 3.05) is 111 Å². The smallest absolute Gasteiger partial charge is 0.340 e. The molecule has 0 atom stereocenters. The molecule has 0 aliphatic heterocycles. The number of halogens is 4. The molecule has 16 aromatic rings. The molecule has 147 heavy (non-hydrogen) atoms. The highest BCUT2D eigenvalue weighted by Gasteiger charge is 2.29. The van der Waals surface area contributed by atoms with Crippen LogP contribution in [0.3, 0.4) is 0 Å². The number of esters is 1. The lowest BCUT2D eigenvalue weighted by Gasteiger charge is -2.16. The molecule has 0 spiro atoms. The summed E-state index contributed by atoms with van der Waals surface area (Å²) in [6.07, 6.45) is 5.42. The van der Waals surface area contributed by atoms with Gasteiger partial charge < -0.3 is 57.5 Å². The number of hydrogen-bond acceptors (Lipinski definition) is 32. The summed E-state index contributed by atoms with van der Waals surface area (Å²) in [5.74, 6) is -4.88. The van der Waals surface area contributed by atoms with Gasteiger partial charge in [0, 0.05) is 144 Å². The predicted octanol–water partition coefficient (Wildman–Crippen LogP) is 13.4. The van der Waals surface area contributed by atoms with Crippen LogP contribution in [0.2, 0.25) is 0 Å². The van der Waals surface area contributed by atoms with Crippen molar-refractivity contribution in [2.45, 2.75) is 21.7 Å². The fraction of sp³-hybridized carbons (Fsp3) is 0.109. The maximum absolute atomic E-state index is 15.3. The topological polar surface area (TPSA) is 573 Å². The molecule has 13 N–H and O–H groups in total. The van der Waals surface area contributed by atoms with Gasteiger partial charge in [-0.05, 0) is 205 Å². The quantitative estimate of drug-likeness (QED) is 0.00984. The molecule has 9 amide bonds. The van der Waals surface area contributed by atoms with Crippen molar-refractivity contribution < 1.29 is 98.1 Å². The Labute approximate surface area is 847 Å². The lowest BCUT2D eigenvalue weighted by molar-refractivity contribution is -0.383. The van der Waals surface area contributed by atoms with Crippen molar-refractivity contribution in [3.05, 3.63) is 326 Å². The summed E-state index contributed by atoms with van der Waals surface area (Å²) in [6.45, 7) is 0.952. The number of pyridine rings is 4. The van der Waals surface area contributed by atoms with Gasteiger partial charge in [-0.3, -0.25) is 52.4 Å². The molecule has 764 valence electrons. The number of likely N-dealkylation sites (N-methyl/N-ethyl adjacent to an activating group) is 1. The summed E-state index contributed by atoms with van der Waals surface area (Å²) >= 11 is 3.70. The van der Waals surface area contributed by atoms with Crippen molar-refractivity contribution in [2.24, 2.45) is 0 Å². The number of anilines is 8. The number of carbonyl (C=O) groups excluding carboxylic acids is 6. The van der Waals surface area contributed by atoms with E-state index in [4.69, 9.17) is 4.74 Å². The van der Waals surface area contributed by atoms with Gasteiger partial charge in [0.15, 0.2) is 9.84 Å². The number of carbonyl (C=O) groups is 6. The number of urea groups is 4. The number of rotatable bonds is 27. The molecule has 0 unspecified atom stereocenters. The normalized spacial score (nSPS) is 11.4. The zero-order valence-electron chi connectivity index (χ0n) is 77.3. The van der Waals surface area contributed by atoms with Crippen LogP contribution in [0.15, 0.2) is 281 Å². The molecule has 0 aliphatic rings. The second kappa shape index (κ2) is 45.2. The third kappa shape index (κ3) is 25.1. The first kappa shape index (κ1) is 108. The number of methoxy groups -OCH3 is 1. The lowest BCUT2D eigenvalue weighted by Crippen LogP contribution is -2.34. The number of nitrogens with one attached hydrogen (secondary N) is 13. The van der Waals surface area contributed by atoms with Crippen molar-refractivity contribution >= 4 is 226 Å². The van der Waals surface area contributed by atoms with Crippen LogP contribution in [0.1, 0.15) is 20.7 Å². The van der Waals surface area contributed by atoms with Crippen LogP contribution in [-0.4, -0.2) is 175 Å². The van der Waals surface area contributed by atoms with E-state index < -0.39 is 142 Å². The summed E-state index contributed by atoms with van der Waals surface area (Å²) < 4.78 is 198. The number of fused-ring (bicyclic) bond motifs is 4. The minimum Gasteiger partial charge on any atom is -0.465 e. The predicted molar refractivity (Wildman–Crippen MR) is 553 cm³/mol. The van der Waals surface area contributed by atoms with E-state index in [-0.39, 0.29) is 111 Å². The average molecular weight is 2190 g/mol. The molecule has 0 aliphatic carbocycles. The highest BCUT2D eigenvalue weighted by atomic mass is 32.3. The van der Waals surface area contributed by atoms with Gasteiger partial charge in [0.05, 0.1) is 67.8 Å². The Morgan fingerprint density at radius 3 is 0.939 bits per heavy atom. The number of benzene rings is 8. The van der Waals surface area contributed by atoms with Crippen molar-refractivity contribution in [1.82, 2.24) is 47.4 Å². The summed E-state index contributed by atoms with van der Waals surface area (Å²) in [7, 11) is -8.56. The molecular formula is C92H81F4N19O23S9. The van der Waals surface area contributed by atoms with Crippen LogP contribution in [-0.2, 0) is 54.7 Å². The van der Waals surface area contributed by atoms with Crippen LogP contribution < -0.4 is 89.0 Å². The van der Waals surface area contributed by atoms with E-state index >= 15 is 13.2 Å². The largest absolute Gasteiger partial charge is 0.465 e. The molecule has 42 nitrogen and oxygen atoms in total. The maximum atomic E-state index is 15.3. The Balaban J connectivity index is 0.000000164. The monoisotopic (exact) mass is 2180 g/mol. The number of sulfone groups is 1. The number of sulfonamides is 4. The number of nitrogens with zero attached hydrogens (tertiary/aromatic N) is 6. The fourth-order valence-electron chi connectivity index (χ4n) is 14.1. The van der Waals surface area contributed by atoms with Crippen LogP contribution in [0.4, 0.5) is 87.9 Å². The van der Waals surface area contributed by atoms with Gasteiger partial charge in [-0.1, -0.05) is 24.3 Å². The molecular weight excluding hydrogens is 2100 g/mol. The first-order valence-electron chi connectivity index (χ1n) is 42.2. The summed E-state index contributed by atoms with van der Waals surface area (Å²) in [5, 5.41) is 42.6. The van der Waals surface area contributed by atoms with Gasteiger partial charge in [-0.2, -0.15) is 0 Å². The van der Waals surface area contributed by atoms with Crippen LogP contribution in [0, 0.1) is 33.4 Å². The van der Waals surface area contributed by atoms with E-state index in [0.29, 0.717) is 46.6 Å². The van der Waals surface area contributed by atoms with Gasteiger partial charge in [-0.25, -0.2) is 103 Å². The molecule has 8 aromatic carbocycles. The van der Waals surface area contributed by atoms with Gasteiger partial charge in [-0.15, -0.1) is 45.3 Å². The standard InChI is InChI=1S/C26H27FN6O5S2.C23H19FN4O6S2.C22H19FN4O6S3.C21H16FN5O6S2/c1-28-16-6-8-18-19(13-16)20(24(34)29-10-11-32(2)3)15-33(25(18)35)22-9-7-17(14-21(22)27)30-26(36)31-40(37,38)23-5-4-12-39-23;1-25-13-5-7-15-16(10-13)17(22(30)34-2)12-28(21(15)29)19-8-6-14(11-18(19)24)26-23(31)27-36(32,33)20-4-3-9-35-20;1-24-13-5-7-15-16(10-13)19(35(2,30)31)12-27(21(15)28)18-8-6-14(11-17(18)23)25-22(29)26-36(32,33)20-4-3-9-34-20;1-23-12-4-6-14-15(9-12)18(27(30)31)11-26(20(14)28)17-7-5-13(10-16(17)22)24-21(29)25-35(32,33)19-3-2-8-34-19/h4-9,12-15,28H,10-11H2,1-3H3,(H,29,34)(H2,30,31,36);3-12,25H,1-2H3,(H2,26,27,31);3-12,24H,1-2H3,(H2,25,26,29);2-11,23H,1H3,(H2,24,25,29). The van der Waals surface area contributed by atoms with Crippen molar-refractivity contribution in [3.8, 4) is 22.7 Å². The zero-order chi connectivity index (χ0) is 107. The molecule has 16 rings (SSSR count). The number of amides is 9. The second-order valence-electron chi connectivity index (χ2n) is 31.0. The minimum absolute atomic E-state index is 0.0120. The molecule has 55 heteroatoms. The fourth-order valence-corrected chi connectivity index (χ4v) is 22.6. The summed E-state index contributed by atoms with van der Waals surface area (Å²) in [5.41, 5.74) is -1.40. The second-order valence-corrected chi connectivity index (χ2v) is 44.5. The van der Waals surface area contributed by atoms with E-state index in [1.165, 1.54) is 152 Å². The SMILES string of the molecule is CNc1ccc2c(=O)n(-c3ccc(NC(=O)NS(=O)(=O)c4cccs4)cc3F)cc(C(=O)NCCN(C)C)c2c1.CNc1ccc2c(=O)n(-c3ccc(NC(=O)NS(=O)(=O)c4cccs4)cc3F)cc(C(=O)OC)c2c1.CNc1ccc2c(=O)n(-c3ccc(NC(=O)NS(=O)(=O)c4cccs4)cc3F)cc(S(C)(=O)=O)c2c1.CNc1ccc2c(=O)n(-c3ccc(NC(=O)NS(=O)(=O)c4cccs4)cc3F)cc([N+](=O)[O-])c2c1. The molecule has 0 fully saturated rings. The third-order valence-corrected chi connectivity index (χ3v) is 33.1. The molecule has 8 aromatic heterocycles. The Morgan fingerprint density at radius 1 is 0.374 bits per heavy atom. The Kier molecular flexibility index (Phi) is 33.1. The maximum Gasteiger partial charge on any atom is 0.340 e. The first-order valence-corrected chi connectivity index (χ1v) is 53.5. The van der Waals surface area contributed by atoms with Crippen LogP contribution in [0.5, 0.6) is 0 Å². The summed E-state index contributed by atoms with van der Waals surface area (Å²) in [6, 6.07) is 39.0. The Bertz CT molecular complexity index is 8810. The van der Waals surface area contributed by atoms with Gasteiger partial charge in [0.25, 0.3) is 73.9 Å². The first-order chi connectivity index (χ1) is 69.6. The number of hydrogen-bond donors (Lipinski definition) is 13. The number of nitro groups is 1. The van der Waals surface area contributed by atoms with Gasteiger partial charge in [0.2, 0.25) is 0 Å². The van der Waals surface area contributed by atoms with Crippen molar-refractivity contribution in [1.29, 1.82) is 0 Å². The number of aromatic nitrogens is 4. The van der Waals surface area contributed by atoms with Crippen LogP contribution in [0.25, 0.3) is 65.8 Å². The summed E-state index contributed by atoms with van der Waals surface area (Å²) in [4.78, 5) is 140. The van der Waals surface area contributed by atoms with E-state index in [9.17, 15) is 105 Å². The highest BCUT2D eigenvalue weighted by Crippen LogP contribution is 2.34. The minimum atomic E-state index is -4.09. The zero-order valence-corrected chi connectivity index (χ0v) is 84.6. The van der Waals surface area contributed by atoms with E-state index in [1.54, 1.807) is 86.1 Å². The average Bonchev–Trinajstić information content (AvgIpc) is 1.52. The molecule has 8 heterocycles. The van der Waals surface area contributed by atoms with Crippen molar-refractivity contribution in [3.63, 3.8) is 0 Å². The third-order valence-electron chi connectivity index (χ3n) is 21.1. The van der Waals surface area contributed by atoms with E-state index in [1.807, 2.05) is 33.2 Å². The van der Waals surface area contributed by atoms with Crippen LogP contribution >= 0.6 is 45.3 Å². The van der Waals surface area contributed by atoms with Gasteiger partial charge >= 0.3 is 30.1 Å².